The lowest BCUT2D eigenvalue weighted by atomic mass is 10.1. The smallest absolute Gasteiger partial charge is 0.249 e. The Morgan fingerprint density at radius 1 is 1.46 bits per heavy atom. The van der Waals surface area contributed by atoms with Gasteiger partial charge in [-0.05, 0) is 17.7 Å². The molecule has 0 amide bonds. The quantitative estimate of drug-likeness (QED) is 0.394. The van der Waals surface area contributed by atoms with Crippen molar-refractivity contribution in [3.63, 3.8) is 0 Å². The number of rotatable bonds is 1. The number of hydrogen-bond donors (Lipinski definition) is 1. The summed E-state index contributed by atoms with van der Waals surface area (Å²) in [4.78, 5) is 12.7. The number of hydrogen-bond acceptors (Lipinski definition) is 3. The zero-order valence-electron chi connectivity index (χ0n) is 6.82. The van der Waals surface area contributed by atoms with Crippen LogP contribution in [0.1, 0.15) is 5.56 Å². The average molecular weight is 173 g/mol. The van der Waals surface area contributed by atoms with Gasteiger partial charge in [-0.15, -0.1) is 4.99 Å². The Bertz CT molecular complexity index is 395. The fourth-order valence-corrected chi connectivity index (χ4v) is 0.870. The summed E-state index contributed by atoms with van der Waals surface area (Å²) in [5.74, 6) is 2.85. The van der Waals surface area contributed by atoms with Crippen LogP contribution in [-0.4, -0.2) is 11.2 Å². The Morgan fingerprint density at radius 2 is 2.31 bits per heavy atom. The third-order valence-electron chi connectivity index (χ3n) is 1.38. The highest BCUT2D eigenvalue weighted by Crippen LogP contribution is 2.10. The Hall–Kier alpha value is -2.04. The van der Waals surface area contributed by atoms with Crippen LogP contribution in [0.3, 0.4) is 0 Å². The molecule has 0 aliphatic carbocycles. The van der Waals surface area contributed by atoms with Crippen LogP contribution in [0.25, 0.3) is 0 Å². The minimum Gasteiger partial charge on any atom is -0.508 e. The van der Waals surface area contributed by atoms with Crippen molar-refractivity contribution in [2.45, 2.75) is 6.42 Å². The van der Waals surface area contributed by atoms with Gasteiger partial charge in [-0.2, -0.15) is 0 Å². The summed E-state index contributed by atoms with van der Waals surface area (Å²) in [6, 6.07) is 9.03. The topological polar surface area (TPSA) is 49.7 Å². The molecule has 0 aliphatic rings. The van der Waals surface area contributed by atoms with E-state index in [1.54, 1.807) is 18.2 Å². The van der Waals surface area contributed by atoms with Crippen molar-refractivity contribution in [2.24, 2.45) is 4.99 Å². The van der Waals surface area contributed by atoms with E-state index in [0.29, 0.717) is 6.42 Å². The first-order valence-corrected chi connectivity index (χ1v) is 3.65. The maximum Gasteiger partial charge on any atom is 0.249 e. The highest BCUT2D eigenvalue weighted by molar-refractivity contribution is 5.37. The van der Waals surface area contributed by atoms with E-state index in [-0.39, 0.29) is 5.75 Å². The number of nitrogens with zero attached hydrogens (tertiary/aromatic N) is 1. The maximum absolute atomic E-state index is 9.64. The second-order valence-electron chi connectivity index (χ2n) is 2.34. The Morgan fingerprint density at radius 3 is 3.00 bits per heavy atom. The molecule has 0 aliphatic heterocycles. The fourth-order valence-electron chi connectivity index (χ4n) is 0.870. The van der Waals surface area contributed by atoms with Crippen molar-refractivity contribution in [3.8, 4) is 17.7 Å². The number of benzene rings is 1. The maximum atomic E-state index is 9.64. The molecule has 0 heterocycles. The summed E-state index contributed by atoms with van der Waals surface area (Å²) in [6.07, 6.45) is 1.78. The predicted octanol–water partition coefficient (Wildman–Crippen LogP) is 1.23. The Balaban J connectivity index is 2.66. The Labute approximate surface area is 75.7 Å². The summed E-state index contributed by atoms with van der Waals surface area (Å²) >= 11 is 0. The van der Waals surface area contributed by atoms with Crippen molar-refractivity contribution >= 4 is 6.08 Å². The first kappa shape index (κ1) is 9.05. The largest absolute Gasteiger partial charge is 0.508 e. The first-order valence-electron chi connectivity index (χ1n) is 3.65. The minimum absolute atomic E-state index is 0.207. The zero-order valence-corrected chi connectivity index (χ0v) is 6.82. The van der Waals surface area contributed by atoms with Crippen LogP contribution in [0, 0.1) is 12.0 Å². The van der Waals surface area contributed by atoms with E-state index in [0.717, 1.165) is 5.56 Å². The second-order valence-corrected chi connectivity index (χ2v) is 2.34. The van der Waals surface area contributed by atoms with Crippen LogP contribution < -0.4 is 0 Å². The number of aliphatic imine (C=N–C) groups is 1. The third-order valence-corrected chi connectivity index (χ3v) is 1.38. The molecular formula is C10H7NO2. The van der Waals surface area contributed by atoms with Gasteiger partial charge < -0.3 is 5.11 Å². The Kier molecular flexibility index (Phi) is 3.31. The number of isocyanates is 1. The SMILES string of the molecule is O=C=NC#CCc1cccc(O)c1. The minimum atomic E-state index is 0.207. The van der Waals surface area contributed by atoms with E-state index in [2.05, 4.69) is 17.0 Å². The van der Waals surface area contributed by atoms with Crippen molar-refractivity contribution in [1.82, 2.24) is 0 Å². The van der Waals surface area contributed by atoms with Gasteiger partial charge in [0.2, 0.25) is 6.08 Å². The molecular weight excluding hydrogens is 166 g/mol. The van der Waals surface area contributed by atoms with Crippen LogP contribution >= 0.6 is 0 Å². The zero-order chi connectivity index (χ0) is 9.52. The van der Waals surface area contributed by atoms with Gasteiger partial charge in [0, 0.05) is 12.5 Å². The molecule has 0 saturated carbocycles. The second kappa shape index (κ2) is 4.76. The molecule has 0 atom stereocenters. The molecule has 0 bridgehead atoms. The van der Waals surface area contributed by atoms with Crippen LogP contribution in [0.15, 0.2) is 29.3 Å². The molecule has 64 valence electrons. The van der Waals surface area contributed by atoms with Gasteiger partial charge >= 0.3 is 0 Å². The van der Waals surface area contributed by atoms with E-state index in [1.807, 2.05) is 6.07 Å². The average Bonchev–Trinajstić information content (AvgIpc) is 2.13. The summed E-state index contributed by atoms with van der Waals surface area (Å²) in [6.45, 7) is 0. The van der Waals surface area contributed by atoms with Gasteiger partial charge in [0.15, 0.2) is 0 Å². The molecule has 1 aromatic rings. The highest BCUT2D eigenvalue weighted by Gasteiger charge is 1.90. The van der Waals surface area contributed by atoms with Crippen molar-refractivity contribution in [2.75, 3.05) is 0 Å². The standard InChI is InChI=1S/C10H7NO2/c12-8-11-6-2-4-9-3-1-5-10(13)7-9/h1,3,5,7,13H,4H2. The molecule has 0 aromatic heterocycles. The summed E-state index contributed by atoms with van der Waals surface area (Å²) in [5.41, 5.74) is 0.883. The molecule has 0 saturated heterocycles. The summed E-state index contributed by atoms with van der Waals surface area (Å²) < 4.78 is 0. The van der Waals surface area contributed by atoms with Gasteiger partial charge in [-0.3, -0.25) is 0 Å². The summed E-state index contributed by atoms with van der Waals surface area (Å²) in [5, 5.41) is 9.08. The molecule has 0 spiro atoms. The predicted molar refractivity (Wildman–Crippen MR) is 47.7 cm³/mol. The normalized spacial score (nSPS) is 8.00. The molecule has 1 aromatic carbocycles. The van der Waals surface area contributed by atoms with Crippen molar-refractivity contribution < 1.29 is 9.90 Å². The lowest BCUT2D eigenvalue weighted by Crippen LogP contribution is -1.79. The lowest BCUT2D eigenvalue weighted by molar-refractivity contribution is 0.475. The van der Waals surface area contributed by atoms with Gasteiger partial charge in [-0.1, -0.05) is 18.1 Å². The highest BCUT2D eigenvalue weighted by atomic mass is 16.3. The van der Waals surface area contributed by atoms with E-state index >= 15 is 0 Å². The van der Waals surface area contributed by atoms with E-state index in [9.17, 15) is 4.79 Å². The van der Waals surface area contributed by atoms with Crippen LogP contribution in [0.5, 0.6) is 5.75 Å². The molecule has 0 unspecified atom stereocenters. The van der Waals surface area contributed by atoms with Crippen LogP contribution in [-0.2, 0) is 11.2 Å². The summed E-state index contributed by atoms with van der Waals surface area (Å²) in [7, 11) is 0. The molecule has 3 heteroatoms. The number of carbonyl (C=O) groups excluding carboxylic acids is 1. The van der Waals surface area contributed by atoms with Gasteiger partial charge in [-0.25, -0.2) is 4.79 Å². The first-order chi connectivity index (χ1) is 6.33. The number of phenolic OH excluding ortho intramolecular Hbond substituents is 1. The molecule has 1 N–H and O–H groups in total. The number of phenols is 1. The monoisotopic (exact) mass is 173 g/mol. The molecule has 0 fully saturated rings. The van der Waals surface area contributed by atoms with Gasteiger partial charge in [0.1, 0.15) is 5.75 Å². The van der Waals surface area contributed by atoms with Crippen LogP contribution in [0.4, 0.5) is 0 Å². The molecule has 1 rings (SSSR count). The fraction of sp³-hybridized carbons (Fsp3) is 0.100. The van der Waals surface area contributed by atoms with Gasteiger partial charge in [0.05, 0.1) is 0 Å². The van der Waals surface area contributed by atoms with Crippen molar-refractivity contribution in [3.05, 3.63) is 29.8 Å². The number of aromatic hydroxyl groups is 1. The molecule has 3 nitrogen and oxygen atoms in total. The van der Waals surface area contributed by atoms with E-state index < -0.39 is 0 Å². The van der Waals surface area contributed by atoms with Crippen LogP contribution in [0.2, 0.25) is 0 Å². The van der Waals surface area contributed by atoms with Crippen molar-refractivity contribution in [1.29, 1.82) is 0 Å². The molecule has 13 heavy (non-hydrogen) atoms. The molecule has 0 radical (unpaired) electrons. The van der Waals surface area contributed by atoms with E-state index in [1.165, 1.54) is 6.08 Å². The van der Waals surface area contributed by atoms with Gasteiger partial charge in [0.25, 0.3) is 0 Å². The third kappa shape index (κ3) is 3.24. The van der Waals surface area contributed by atoms with E-state index in [4.69, 9.17) is 5.11 Å². The lowest BCUT2D eigenvalue weighted by Gasteiger charge is -1.94.